The molecule has 2 aliphatic heterocycles. The van der Waals surface area contributed by atoms with E-state index in [1.807, 2.05) is 31.2 Å². The molecule has 2 atom stereocenters. The largest absolute Gasteiger partial charge is 0.351 e. The fourth-order valence-electron chi connectivity index (χ4n) is 4.07. The third kappa shape index (κ3) is 5.44. The van der Waals surface area contributed by atoms with Crippen molar-refractivity contribution < 1.29 is 9.59 Å². The van der Waals surface area contributed by atoms with Crippen molar-refractivity contribution in [3.8, 4) is 0 Å². The third-order valence-electron chi connectivity index (χ3n) is 5.98. The lowest BCUT2D eigenvalue weighted by atomic mass is 10.1. The number of likely N-dealkylation sites (N-methyl/N-ethyl adjacent to an activating group) is 1. The van der Waals surface area contributed by atoms with Gasteiger partial charge in [-0.25, -0.2) is 4.98 Å². The number of nitrogens with one attached hydrogen (secondary N) is 2. The first-order valence-electron chi connectivity index (χ1n) is 11.5. The van der Waals surface area contributed by atoms with E-state index in [-0.39, 0.29) is 23.1 Å². The Bertz CT molecular complexity index is 1280. The van der Waals surface area contributed by atoms with Gasteiger partial charge in [-0.1, -0.05) is 23.9 Å². The van der Waals surface area contributed by atoms with E-state index in [2.05, 4.69) is 37.5 Å². The van der Waals surface area contributed by atoms with Gasteiger partial charge in [-0.15, -0.1) is 11.3 Å². The fourth-order valence-corrected chi connectivity index (χ4v) is 6.34. The molecule has 2 N–H and O–H groups in total. The molecule has 0 spiro atoms. The summed E-state index contributed by atoms with van der Waals surface area (Å²) in [7, 11) is 2.09. The number of hydrogen-bond donors (Lipinski definition) is 2. The van der Waals surface area contributed by atoms with E-state index in [4.69, 9.17) is 0 Å². The van der Waals surface area contributed by atoms with Crippen LogP contribution >= 0.6 is 23.1 Å². The van der Waals surface area contributed by atoms with Crippen LogP contribution < -0.4 is 10.6 Å². The zero-order valence-corrected chi connectivity index (χ0v) is 21.2. The first kappa shape index (κ1) is 23.7. The Kier molecular flexibility index (Phi) is 6.94. The number of carbonyl (C=O) groups excluding carboxylic acids is 2. The maximum atomic E-state index is 12.9. The van der Waals surface area contributed by atoms with Crippen molar-refractivity contribution in [3.63, 3.8) is 0 Å². The van der Waals surface area contributed by atoms with Gasteiger partial charge in [-0.05, 0) is 43.8 Å². The molecule has 0 aliphatic carbocycles. The van der Waals surface area contributed by atoms with Crippen molar-refractivity contribution in [1.29, 1.82) is 0 Å². The summed E-state index contributed by atoms with van der Waals surface area (Å²) in [5.41, 5.74) is 3.44. The van der Waals surface area contributed by atoms with Gasteiger partial charge < -0.3 is 10.2 Å². The number of thioether (sulfide) groups is 1. The van der Waals surface area contributed by atoms with Gasteiger partial charge in [0.05, 0.1) is 16.8 Å². The second-order valence-electron chi connectivity index (χ2n) is 8.70. The van der Waals surface area contributed by atoms with Gasteiger partial charge in [0.1, 0.15) is 5.25 Å². The van der Waals surface area contributed by atoms with Crippen molar-refractivity contribution in [2.24, 2.45) is 4.99 Å². The molecule has 5 rings (SSSR count). The number of anilines is 1. The molecular weight excluding hydrogens is 480 g/mol. The van der Waals surface area contributed by atoms with Gasteiger partial charge in [0, 0.05) is 54.5 Å². The molecule has 4 heterocycles. The minimum Gasteiger partial charge on any atom is -0.351 e. The molecule has 35 heavy (non-hydrogen) atoms. The van der Waals surface area contributed by atoms with E-state index >= 15 is 0 Å². The number of aromatic nitrogens is 2. The van der Waals surface area contributed by atoms with Crippen LogP contribution in [0.2, 0.25) is 0 Å². The van der Waals surface area contributed by atoms with Gasteiger partial charge in [0.25, 0.3) is 5.91 Å². The molecule has 2 amide bonds. The number of benzene rings is 1. The van der Waals surface area contributed by atoms with Gasteiger partial charge in [0.15, 0.2) is 5.13 Å². The number of amides is 2. The summed E-state index contributed by atoms with van der Waals surface area (Å²) in [5, 5.41) is 7.13. The number of pyridine rings is 1. The van der Waals surface area contributed by atoms with Crippen molar-refractivity contribution in [2.75, 3.05) is 18.9 Å². The van der Waals surface area contributed by atoms with Crippen LogP contribution in [-0.4, -0.2) is 56.6 Å². The Labute approximate surface area is 212 Å². The van der Waals surface area contributed by atoms with Crippen LogP contribution in [0, 0.1) is 0 Å². The maximum Gasteiger partial charge on any atom is 0.257 e. The number of aliphatic imine (C=N–C) groups is 1. The summed E-state index contributed by atoms with van der Waals surface area (Å²) >= 11 is 3.01. The molecular formula is C25H26N6O2S2. The highest BCUT2D eigenvalue weighted by molar-refractivity contribution is 8.15. The average molecular weight is 507 g/mol. The van der Waals surface area contributed by atoms with Crippen LogP contribution in [0.1, 0.15) is 39.0 Å². The van der Waals surface area contributed by atoms with E-state index in [0.717, 1.165) is 41.4 Å². The number of thiazole rings is 1. The Morgan fingerprint density at radius 3 is 2.86 bits per heavy atom. The molecule has 180 valence electrons. The van der Waals surface area contributed by atoms with Gasteiger partial charge in [0.2, 0.25) is 5.91 Å². The van der Waals surface area contributed by atoms with E-state index in [1.165, 1.54) is 28.0 Å². The van der Waals surface area contributed by atoms with E-state index < -0.39 is 0 Å². The smallest absolute Gasteiger partial charge is 0.257 e. The Hall–Kier alpha value is -3.08. The lowest BCUT2D eigenvalue weighted by Gasteiger charge is -2.20. The van der Waals surface area contributed by atoms with E-state index in [1.54, 1.807) is 24.5 Å². The minimum absolute atomic E-state index is 0.0662. The molecule has 2 aliphatic rings. The monoisotopic (exact) mass is 506 g/mol. The highest BCUT2D eigenvalue weighted by atomic mass is 32.2. The van der Waals surface area contributed by atoms with Crippen LogP contribution in [0.5, 0.6) is 0 Å². The zero-order chi connectivity index (χ0) is 24.4. The standard InChI is InChI=1S/C25H26N6O2S2/c1-15-21(35-24(28-15)17-6-9-26-10-7-17)23(33)27-13-16-4-3-5-18(12-16)22(32)30-25-29-19-8-11-31(2)14-20(19)34-25/h3-7,9-10,12,15,21H,8,11,13-14H2,1-2H3,(H,27,33)(H,29,30,32). The molecule has 10 heteroatoms. The number of fused-ring (bicyclic) bond motifs is 1. The first-order chi connectivity index (χ1) is 17.0. The highest BCUT2D eigenvalue weighted by Crippen LogP contribution is 2.31. The summed E-state index contributed by atoms with van der Waals surface area (Å²) in [6.07, 6.45) is 4.35. The van der Waals surface area contributed by atoms with Crippen LogP contribution in [0.3, 0.4) is 0 Å². The third-order valence-corrected chi connectivity index (χ3v) is 8.41. The molecule has 3 aromatic rings. The second kappa shape index (κ2) is 10.3. The molecule has 0 saturated heterocycles. The summed E-state index contributed by atoms with van der Waals surface area (Å²) < 4.78 is 0. The van der Waals surface area contributed by atoms with Gasteiger partial charge in [-0.2, -0.15) is 0 Å². The molecule has 2 aromatic heterocycles. The molecule has 8 nitrogen and oxygen atoms in total. The topological polar surface area (TPSA) is 99.6 Å². The normalized spacial score (nSPS) is 19.7. The van der Waals surface area contributed by atoms with Crippen LogP contribution in [0.15, 0.2) is 53.8 Å². The van der Waals surface area contributed by atoms with Crippen LogP contribution in [0.4, 0.5) is 5.13 Å². The summed E-state index contributed by atoms with van der Waals surface area (Å²) in [6.45, 7) is 4.13. The Morgan fingerprint density at radius 1 is 1.20 bits per heavy atom. The minimum atomic E-state index is -0.292. The van der Waals surface area contributed by atoms with Gasteiger partial charge in [-0.3, -0.25) is 24.9 Å². The SMILES string of the molecule is CC1N=C(c2ccncc2)SC1C(=O)NCc1cccc(C(=O)Nc2nc3c(s2)CN(C)CC3)c1. The van der Waals surface area contributed by atoms with Crippen molar-refractivity contribution in [2.45, 2.75) is 37.7 Å². The lowest BCUT2D eigenvalue weighted by molar-refractivity contribution is -0.120. The lowest BCUT2D eigenvalue weighted by Crippen LogP contribution is -2.36. The van der Waals surface area contributed by atoms with Crippen LogP contribution in [0.25, 0.3) is 0 Å². The van der Waals surface area contributed by atoms with Crippen LogP contribution in [-0.2, 0) is 24.3 Å². The number of hydrogen-bond acceptors (Lipinski definition) is 8. The summed E-state index contributed by atoms with van der Waals surface area (Å²) in [5.74, 6) is -0.267. The predicted octanol–water partition coefficient (Wildman–Crippen LogP) is 3.35. The van der Waals surface area contributed by atoms with Gasteiger partial charge >= 0.3 is 0 Å². The zero-order valence-electron chi connectivity index (χ0n) is 19.5. The fraction of sp³-hybridized carbons (Fsp3) is 0.320. The first-order valence-corrected chi connectivity index (χ1v) is 13.2. The molecule has 2 unspecified atom stereocenters. The number of nitrogens with zero attached hydrogens (tertiary/aromatic N) is 4. The predicted molar refractivity (Wildman–Crippen MR) is 140 cm³/mol. The second-order valence-corrected chi connectivity index (χ2v) is 10.9. The van der Waals surface area contributed by atoms with Crippen molar-refractivity contribution in [1.82, 2.24) is 20.2 Å². The summed E-state index contributed by atoms with van der Waals surface area (Å²) in [4.78, 5) is 42.5. The molecule has 0 fully saturated rings. The van der Waals surface area contributed by atoms with E-state index in [0.29, 0.717) is 17.2 Å². The highest BCUT2D eigenvalue weighted by Gasteiger charge is 2.33. The summed E-state index contributed by atoms with van der Waals surface area (Å²) in [6, 6.07) is 11.0. The quantitative estimate of drug-likeness (QED) is 0.532. The van der Waals surface area contributed by atoms with Crippen molar-refractivity contribution >= 4 is 45.1 Å². The van der Waals surface area contributed by atoms with Crippen molar-refractivity contribution in [3.05, 3.63) is 76.1 Å². The van der Waals surface area contributed by atoms with E-state index in [9.17, 15) is 9.59 Å². The average Bonchev–Trinajstić information content (AvgIpc) is 3.45. The molecule has 0 saturated carbocycles. The maximum absolute atomic E-state index is 12.9. The molecule has 1 aromatic carbocycles. The Morgan fingerprint density at radius 2 is 2.03 bits per heavy atom. The number of carbonyl (C=O) groups is 2. The number of rotatable bonds is 6. The Balaban J connectivity index is 1.18. The molecule has 0 bridgehead atoms. The molecule has 0 radical (unpaired) electrons.